The lowest BCUT2D eigenvalue weighted by molar-refractivity contribution is -0.795. The third-order valence-corrected chi connectivity index (χ3v) is 0.800. The van der Waals surface area contributed by atoms with Crippen LogP contribution in [-0.4, -0.2) is 5.34 Å². The van der Waals surface area contributed by atoms with Gasteiger partial charge in [0.05, 0.1) is 5.34 Å². The smallest absolute Gasteiger partial charge is 0.0559 e. The molecule has 0 aromatic heterocycles. The van der Waals surface area contributed by atoms with Gasteiger partial charge in [0, 0.05) is 41.5 Å². The van der Waals surface area contributed by atoms with Crippen LogP contribution in [0, 0.1) is 5.53 Å². The molecule has 0 fully saturated rings. The van der Waals surface area contributed by atoms with Gasteiger partial charge in [-0.25, -0.2) is 0 Å². The van der Waals surface area contributed by atoms with Gasteiger partial charge in [0.15, 0.2) is 0 Å². The van der Waals surface area contributed by atoms with Gasteiger partial charge in [-0.2, -0.15) is 5.53 Å². The Hall–Kier alpha value is -1.50. The summed E-state index contributed by atoms with van der Waals surface area (Å²) in [7, 11) is 0. The fraction of sp³-hybridized carbons (Fsp3) is 0. The van der Waals surface area contributed by atoms with Crippen molar-refractivity contribution in [1.29, 1.82) is 5.53 Å². The maximum Gasteiger partial charge on any atom is 0.0559 e. The van der Waals surface area contributed by atoms with Crippen LogP contribution in [0.25, 0.3) is 0 Å². The molecule has 0 aromatic carbocycles. The van der Waals surface area contributed by atoms with Crippen LogP contribution in [0.3, 0.4) is 0 Å². The number of nitrogens with zero attached hydrogens (tertiary/aromatic N) is 8. The van der Waals surface area contributed by atoms with Crippen LogP contribution >= 0.6 is 25.8 Å². The molecule has 1 N–H and O–H groups in total. The van der Waals surface area contributed by atoms with Gasteiger partial charge in [0.2, 0.25) is 0 Å². The molecule has 21 heavy (non-hydrogen) atoms. The molecule has 0 bridgehead atoms. The summed E-state index contributed by atoms with van der Waals surface area (Å²) >= 11 is 6.20. The van der Waals surface area contributed by atoms with Crippen LogP contribution in [0.4, 0.5) is 0 Å². The van der Waals surface area contributed by atoms with Gasteiger partial charge in [-0.1, -0.05) is 0 Å². The zero-order chi connectivity index (χ0) is 15.6. The normalized spacial score (nSPS) is 11.9. The van der Waals surface area contributed by atoms with Gasteiger partial charge >= 0.3 is 0 Å². The molecule has 120 valence electrons. The second kappa shape index (κ2) is 16.6. The molecule has 19 nitrogen and oxygen atoms in total. The molecule has 0 aromatic rings. The van der Waals surface area contributed by atoms with E-state index >= 15 is 0 Å². The summed E-state index contributed by atoms with van der Waals surface area (Å²) in [4.78, 5) is 8.03. The highest BCUT2D eigenvalue weighted by molar-refractivity contribution is 7.75. The second-order valence-corrected chi connectivity index (χ2v) is 1.88. The molecule has 0 amide bonds. The van der Waals surface area contributed by atoms with Crippen LogP contribution in [0.2, 0.25) is 0 Å². The Morgan fingerprint density at radius 3 is 1.71 bits per heavy atom. The number of rotatable bonds is 14. The van der Waals surface area contributed by atoms with Crippen molar-refractivity contribution in [1.82, 2.24) is 5.34 Å². The highest BCUT2D eigenvalue weighted by atomic mass is 32.1. The molecule has 0 saturated carbocycles. The lowest BCUT2D eigenvalue weighted by Crippen LogP contribution is -2.19. The van der Waals surface area contributed by atoms with E-state index < -0.39 is 0 Å². The van der Waals surface area contributed by atoms with E-state index in [1.165, 1.54) is 0 Å². The highest BCUT2D eigenvalue weighted by Crippen LogP contribution is 2.00. The molecular weight excluding hydrogens is 350 g/mol. The predicted molar refractivity (Wildman–Crippen MR) is 50.4 cm³/mol. The van der Waals surface area contributed by atoms with E-state index in [-0.39, 0.29) is 5.34 Å². The third kappa shape index (κ3) is 14.7. The maximum atomic E-state index is 6.22. The molecule has 0 unspecified atom stereocenters. The van der Waals surface area contributed by atoms with Crippen LogP contribution in [0.15, 0.2) is 36.6 Å². The molecule has 0 aliphatic rings. The fourth-order valence-corrected chi connectivity index (χ4v) is 0.341. The Kier molecular flexibility index (Phi) is 15.4. The summed E-state index contributed by atoms with van der Waals surface area (Å²) in [5.74, 6) is 0. The van der Waals surface area contributed by atoms with E-state index in [1.54, 1.807) is 0 Å². The summed E-state index contributed by atoms with van der Waals surface area (Å²) in [5.41, 5.74) is 6.22. The Labute approximate surface area is 123 Å². The van der Waals surface area contributed by atoms with Crippen LogP contribution < -0.4 is 0 Å². The van der Waals surface area contributed by atoms with Gasteiger partial charge in [0.1, 0.15) is 0 Å². The van der Waals surface area contributed by atoms with Crippen molar-refractivity contribution in [3.63, 3.8) is 0 Å². The Bertz CT molecular complexity index is 310. The highest BCUT2D eigenvalue weighted by Gasteiger charge is 2.09. The first-order valence-electron chi connectivity index (χ1n) is 3.69. The minimum absolute atomic E-state index is 0.0885. The monoisotopic (exact) mass is 353 g/mol. The van der Waals surface area contributed by atoms with Crippen molar-refractivity contribution < 1.29 is 48.9 Å². The summed E-state index contributed by atoms with van der Waals surface area (Å²) < 4.78 is 7.29. The number of hydrogen-bond acceptors (Lipinski definition) is 14. The molecule has 0 aliphatic carbocycles. The fourth-order valence-electron chi connectivity index (χ4n) is 0.291. The van der Waals surface area contributed by atoms with Crippen molar-refractivity contribution in [2.75, 3.05) is 0 Å². The van der Waals surface area contributed by atoms with Crippen molar-refractivity contribution in [3.8, 4) is 0 Å². The number of thiol groups is 2. The first kappa shape index (κ1) is 19.5. The largest absolute Gasteiger partial charge is 0.183 e. The number of nitrogens with one attached hydrogen (secondary N) is 1. The van der Waals surface area contributed by atoms with Crippen LogP contribution in [0.1, 0.15) is 0 Å². The van der Waals surface area contributed by atoms with Gasteiger partial charge in [0.25, 0.3) is 0 Å². The van der Waals surface area contributed by atoms with E-state index in [9.17, 15) is 0 Å². The van der Waals surface area contributed by atoms with Crippen molar-refractivity contribution >= 4 is 25.8 Å². The van der Waals surface area contributed by atoms with Crippen LogP contribution in [0.5, 0.6) is 0 Å². The summed E-state index contributed by atoms with van der Waals surface area (Å²) in [6.07, 6.45) is 0. The van der Waals surface area contributed by atoms with Crippen molar-refractivity contribution in [2.45, 2.75) is 0 Å². The quantitative estimate of drug-likeness (QED) is 0.101. The van der Waals surface area contributed by atoms with E-state index in [1.807, 2.05) is 0 Å². The maximum absolute atomic E-state index is 6.22. The molecule has 21 heteroatoms. The number of hydrogen-bond donors (Lipinski definition) is 3. The zero-order valence-corrected chi connectivity index (χ0v) is 10.8. The van der Waals surface area contributed by atoms with E-state index in [4.69, 9.17) is 5.53 Å². The Balaban J connectivity index is 4.08. The van der Waals surface area contributed by atoms with E-state index in [2.05, 4.69) is 111 Å². The van der Waals surface area contributed by atoms with Crippen molar-refractivity contribution in [3.05, 3.63) is 0 Å². The first-order valence-corrected chi connectivity index (χ1v) is 4.42. The van der Waals surface area contributed by atoms with Crippen molar-refractivity contribution in [2.24, 2.45) is 36.6 Å². The molecule has 0 saturated heterocycles. The lowest BCUT2D eigenvalue weighted by Gasteiger charge is -2.07. The van der Waals surface area contributed by atoms with Gasteiger partial charge in [-0.3, -0.25) is 0 Å². The zero-order valence-electron chi connectivity index (χ0n) is 9.05. The molecular formula is H3N9O10S2. The van der Waals surface area contributed by atoms with Crippen LogP contribution in [-0.2, 0) is 48.9 Å². The molecule has 0 atom stereocenters. The average molecular weight is 353 g/mol. The summed E-state index contributed by atoms with van der Waals surface area (Å²) in [6, 6.07) is 0. The predicted octanol–water partition coefficient (Wildman–Crippen LogP) is 1.34. The minimum Gasteiger partial charge on any atom is -0.183 e. The van der Waals surface area contributed by atoms with E-state index in [0.29, 0.717) is 0 Å². The first-order chi connectivity index (χ1) is 10.3. The Morgan fingerprint density at radius 1 is 0.667 bits per heavy atom. The molecule has 0 heterocycles. The topological polar surface area (TPSA) is 206 Å². The lowest BCUT2D eigenvalue weighted by atomic mass is 12.3. The third-order valence-electron chi connectivity index (χ3n) is 0.678. The minimum atomic E-state index is -0.0885. The standard InChI is InChI=1S/H3N9O10S2/c1-2-3-4-5-6-7-8-9(10-12-14-16-18-20)11-13-15-17-19-21/h1,20-21H/b2-1?,4-3+,6-5+,8-7+. The van der Waals surface area contributed by atoms with E-state index in [0.717, 1.165) is 0 Å². The summed E-state index contributed by atoms with van der Waals surface area (Å²) in [5, 5.41) is 41.7. The molecule has 0 spiro atoms. The molecule has 0 radical (unpaired) electrons. The van der Waals surface area contributed by atoms with Gasteiger partial charge in [-0.15, -0.1) is 8.67 Å². The Morgan fingerprint density at radius 2 is 1.19 bits per heavy atom. The van der Waals surface area contributed by atoms with Gasteiger partial charge < -0.3 is 0 Å². The average Bonchev–Trinajstić information content (AvgIpc) is 2.50. The molecule has 0 aliphatic heterocycles. The molecule has 0 rings (SSSR count). The SMILES string of the molecule is N=N/N=N/N=N/N=N/N(OOOOOS)OOOOOS. The van der Waals surface area contributed by atoms with Gasteiger partial charge in [-0.05, 0) is 61.1 Å². The summed E-state index contributed by atoms with van der Waals surface area (Å²) in [6.45, 7) is 0. The second-order valence-electron chi connectivity index (χ2n) is 1.58.